The highest BCUT2D eigenvalue weighted by Gasteiger charge is 2.35. The molecule has 0 saturated carbocycles. The van der Waals surface area contributed by atoms with Gasteiger partial charge in [0.25, 0.3) is 0 Å². The van der Waals surface area contributed by atoms with E-state index >= 15 is 0 Å². The van der Waals surface area contributed by atoms with E-state index in [1.165, 1.54) is 22.3 Å². The minimum absolute atomic E-state index is 0.410. The second kappa shape index (κ2) is 7.67. The average molecular weight is 400 g/mol. The Balaban J connectivity index is 2.04. The number of hydrogen-bond acceptors (Lipinski definition) is 5. The minimum atomic E-state index is -3.41. The highest BCUT2D eigenvalue weighted by molar-refractivity contribution is 8.04. The van der Waals surface area contributed by atoms with Gasteiger partial charge in [-0.15, -0.1) is 0 Å². The van der Waals surface area contributed by atoms with E-state index in [1.807, 2.05) is 44.2 Å². The van der Waals surface area contributed by atoms with E-state index in [2.05, 4.69) is 17.0 Å². The maximum atomic E-state index is 12.3. The van der Waals surface area contributed by atoms with Gasteiger partial charge in [-0.1, -0.05) is 36.0 Å². The molecule has 2 aromatic carbocycles. The highest BCUT2D eigenvalue weighted by atomic mass is 32.2. The van der Waals surface area contributed by atoms with E-state index in [-0.39, 0.29) is 0 Å². The summed E-state index contributed by atoms with van der Waals surface area (Å²) in [7, 11) is -3.41. The topological polar surface area (TPSA) is 64.4 Å². The Morgan fingerprint density at radius 3 is 2.41 bits per heavy atom. The average Bonchev–Trinajstić information content (AvgIpc) is 3.03. The van der Waals surface area contributed by atoms with Gasteiger partial charge in [0.2, 0.25) is 10.0 Å². The van der Waals surface area contributed by atoms with Crippen LogP contribution in [0.15, 0.2) is 59.6 Å². The molecule has 1 heterocycles. The molecular formula is C20H21N3O2S2. The number of nitriles is 1. The van der Waals surface area contributed by atoms with E-state index in [9.17, 15) is 8.42 Å². The largest absolute Gasteiger partial charge is 0.337 e. The molecule has 140 valence electrons. The van der Waals surface area contributed by atoms with Crippen molar-refractivity contribution in [3.8, 4) is 6.07 Å². The third-order valence-electron chi connectivity index (χ3n) is 4.40. The minimum Gasteiger partial charge on any atom is -0.337 e. The van der Waals surface area contributed by atoms with Gasteiger partial charge >= 0.3 is 0 Å². The molecule has 0 N–H and O–H groups in total. The molecule has 0 spiro atoms. The number of anilines is 1. The normalized spacial score (nSPS) is 16.7. The first-order valence-electron chi connectivity index (χ1n) is 8.44. The molecule has 0 aromatic heterocycles. The van der Waals surface area contributed by atoms with E-state index in [4.69, 9.17) is 5.26 Å². The summed E-state index contributed by atoms with van der Waals surface area (Å²) in [5.74, 6) is 0. The van der Waals surface area contributed by atoms with Gasteiger partial charge in [-0.2, -0.15) is 5.26 Å². The summed E-state index contributed by atoms with van der Waals surface area (Å²) in [6.45, 7) is 4.52. The van der Waals surface area contributed by atoms with Crippen LogP contribution in [0, 0.1) is 18.3 Å². The van der Waals surface area contributed by atoms with Crippen LogP contribution in [0.1, 0.15) is 23.6 Å². The quantitative estimate of drug-likeness (QED) is 0.760. The molecule has 7 heteroatoms. The molecule has 1 unspecified atom stereocenters. The first kappa shape index (κ1) is 19.3. The molecule has 1 atom stereocenters. The standard InChI is InChI=1S/C20H21N3O2S2/c1-15-6-4-5-7-18(15)14-22(19-10-8-17(12-21)9-11-19)20-23(27(3,24)25)13-16(2)26-20/h4-11,13,20H,14H2,1-3H3. The van der Waals surface area contributed by atoms with Crippen LogP contribution < -0.4 is 4.90 Å². The predicted octanol–water partition coefficient (Wildman–Crippen LogP) is 4.03. The van der Waals surface area contributed by atoms with Gasteiger partial charge < -0.3 is 4.90 Å². The van der Waals surface area contributed by atoms with Gasteiger partial charge in [0.1, 0.15) is 0 Å². The van der Waals surface area contributed by atoms with Crippen molar-refractivity contribution >= 4 is 27.5 Å². The Morgan fingerprint density at radius 1 is 1.15 bits per heavy atom. The highest BCUT2D eigenvalue weighted by Crippen LogP contribution is 2.39. The van der Waals surface area contributed by atoms with Crippen molar-refractivity contribution < 1.29 is 8.42 Å². The third kappa shape index (κ3) is 4.29. The molecular weight excluding hydrogens is 378 g/mol. The maximum Gasteiger partial charge on any atom is 0.234 e. The molecule has 0 aliphatic carbocycles. The molecule has 0 bridgehead atoms. The van der Waals surface area contributed by atoms with Crippen LogP contribution in [0.5, 0.6) is 0 Å². The number of aryl methyl sites for hydroxylation is 1. The first-order valence-corrected chi connectivity index (χ1v) is 11.2. The van der Waals surface area contributed by atoms with Crippen LogP contribution in [-0.2, 0) is 16.6 Å². The number of nitrogens with zero attached hydrogens (tertiary/aromatic N) is 3. The number of sulfonamides is 1. The van der Waals surface area contributed by atoms with Gasteiger partial charge in [-0.05, 0) is 49.2 Å². The van der Waals surface area contributed by atoms with Crippen LogP contribution in [0.25, 0.3) is 0 Å². The van der Waals surface area contributed by atoms with Crippen molar-refractivity contribution in [2.24, 2.45) is 0 Å². The SMILES string of the molecule is CC1=CN(S(C)(=O)=O)C(N(Cc2ccccc2C)c2ccc(C#N)cc2)S1. The Bertz CT molecular complexity index is 1010. The molecule has 1 aliphatic rings. The van der Waals surface area contributed by atoms with Crippen LogP contribution >= 0.6 is 11.8 Å². The number of thioether (sulfide) groups is 1. The fourth-order valence-electron chi connectivity index (χ4n) is 2.95. The number of hydrogen-bond donors (Lipinski definition) is 0. The van der Waals surface area contributed by atoms with Crippen LogP contribution in [0.2, 0.25) is 0 Å². The van der Waals surface area contributed by atoms with Crippen LogP contribution in [0.3, 0.4) is 0 Å². The molecule has 0 radical (unpaired) electrons. The van der Waals surface area contributed by atoms with Gasteiger partial charge in [0.05, 0.1) is 17.9 Å². The lowest BCUT2D eigenvalue weighted by atomic mass is 10.1. The summed E-state index contributed by atoms with van der Waals surface area (Å²) in [6, 6.07) is 17.4. The lowest BCUT2D eigenvalue weighted by Gasteiger charge is -2.36. The molecule has 0 saturated heterocycles. The fourth-order valence-corrected chi connectivity index (χ4v) is 5.40. The molecule has 2 aromatic rings. The van der Waals surface area contributed by atoms with Crippen molar-refractivity contribution in [2.75, 3.05) is 11.2 Å². The molecule has 0 amide bonds. The van der Waals surface area contributed by atoms with E-state index < -0.39 is 15.5 Å². The zero-order valence-corrected chi connectivity index (χ0v) is 17.1. The van der Waals surface area contributed by atoms with Crippen molar-refractivity contribution in [3.05, 3.63) is 76.3 Å². The Morgan fingerprint density at radius 2 is 1.81 bits per heavy atom. The monoisotopic (exact) mass is 399 g/mol. The van der Waals surface area contributed by atoms with Crippen molar-refractivity contribution in [1.82, 2.24) is 4.31 Å². The smallest absolute Gasteiger partial charge is 0.234 e. The molecule has 27 heavy (non-hydrogen) atoms. The summed E-state index contributed by atoms with van der Waals surface area (Å²) in [5.41, 5.74) is 3.30. The zero-order valence-electron chi connectivity index (χ0n) is 15.5. The molecule has 5 nitrogen and oxygen atoms in total. The van der Waals surface area contributed by atoms with Crippen molar-refractivity contribution in [2.45, 2.75) is 25.9 Å². The Kier molecular flexibility index (Phi) is 5.49. The second-order valence-electron chi connectivity index (χ2n) is 6.49. The fraction of sp³-hybridized carbons (Fsp3) is 0.250. The summed E-state index contributed by atoms with van der Waals surface area (Å²) in [5, 5.41) is 9.07. The molecule has 1 aliphatic heterocycles. The summed E-state index contributed by atoms with van der Waals surface area (Å²) in [6.07, 6.45) is 2.90. The zero-order chi connectivity index (χ0) is 19.6. The maximum absolute atomic E-state index is 12.3. The van der Waals surface area contributed by atoms with Crippen LogP contribution in [0.4, 0.5) is 5.69 Å². The predicted molar refractivity (Wildman–Crippen MR) is 110 cm³/mol. The van der Waals surface area contributed by atoms with Gasteiger partial charge in [-0.3, -0.25) is 0 Å². The number of rotatable bonds is 5. The van der Waals surface area contributed by atoms with E-state index in [0.29, 0.717) is 12.1 Å². The first-order chi connectivity index (χ1) is 12.8. The second-order valence-corrected chi connectivity index (χ2v) is 9.68. The lowest BCUT2D eigenvalue weighted by Crippen LogP contribution is -2.44. The molecule has 3 rings (SSSR count). The summed E-state index contributed by atoms with van der Waals surface area (Å²) >= 11 is 1.51. The van der Waals surface area contributed by atoms with E-state index in [1.54, 1.807) is 18.3 Å². The Hall–Kier alpha value is -2.43. The van der Waals surface area contributed by atoms with Crippen molar-refractivity contribution in [3.63, 3.8) is 0 Å². The lowest BCUT2D eigenvalue weighted by molar-refractivity contribution is 0.475. The summed E-state index contributed by atoms with van der Waals surface area (Å²) < 4.78 is 26.1. The molecule has 0 fully saturated rings. The Labute approximate surface area is 165 Å². The van der Waals surface area contributed by atoms with E-state index in [0.717, 1.165) is 21.7 Å². The number of benzene rings is 2. The van der Waals surface area contributed by atoms with Gasteiger partial charge in [-0.25, -0.2) is 12.7 Å². The number of allylic oxidation sites excluding steroid dienone is 1. The third-order valence-corrected chi connectivity index (χ3v) is 6.77. The summed E-state index contributed by atoms with van der Waals surface area (Å²) in [4.78, 5) is 3.00. The van der Waals surface area contributed by atoms with Crippen LogP contribution in [-0.4, -0.2) is 24.5 Å². The van der Waals surface area contributed by atoms with Gasteiger partial charge in [0.15, 0.2) is 5.50 Å². The van der Waals surface area contributed by atoms with Gasteiger partial charge in [0, 0.05) is 23.3 Å². The van der Waals surface area contributed by atoms with Crippen molar-refractivity contribution in [1.29, 1.82) is 5.26 Å².